The number of carbonyl (C=O) groups excluding carboxylic acids is 2. The minimum Gasteiger partial charge on any atom is -0.411 e. The first-order valence-corrected chi connectivity index (χ1v) is 10.8. The van der Waals surface area contributed by atoms with Gasteiger partial charge in [0, 0.05) is 17.0 Å². The van der Waals surface area contributed by atoms with Crippen LogP contribution in [0.1, 0.15) is 41.1 Å². The van der Waals surface area contributed by atoms with Crippen molar-refractivity contribution in [3.63, 3.8) is 0 Å². The van der Waals surface area contributed by atoms with Crippen molar-refractivity contribution in [3.8, 4) is 0 Å². The van der Waals surface area contributed by atoms with Crippen LogP contribution < -0.4 is 5.32 Å². The maximum absolute atomic E-state index is 13.3. The van der Waals surface area contributed by atoms with Crippen LogP contribution in [-0.2, 0) is 4.79 Å². The van der Waals surface area contributed by atoms with Gasteiger partial charge in [-0.1, -0.05) is 89.0 Å². The van der Waals surface area contributed by atoms with E-state index in [9.17, 15) is 14.8 Å². The molecule has 0 fully saturated rings. The number of anilines is 1. The third kappa shape index (κ3) is 6.19. The summed E-state index contributed by atoms with van der Waals surface area (Å²) in [5.41, 5.74) is 2.03. The summed E-state index contributed by atoms with van der Waals surface area (Å²) >= 11 is 12.0. The molecule has 3 aromatic rings. The molecule has 0 heterocycles. The van der Waals surface area contributed by atoms with Gasteiger partial charge in [0.2, 0.25) is 5.91 Å². The van der Waals surface area contributed by atoms with Gasteiger partial charge in [0.05, 0.1) is 22.3 Å². The number of halogens is 2. The Balaban J connectivity index is 1.69. The molecule has 1 amide bonds. The number of ketones is 1. The van der Waals surface area contributed by atoms with Crippen molar-refractivity contribution in [2.24, 2.45) is 5.16 Å². The summed E-state index contributed by atoms with van der Waals surface area (Å²) in [6, 6.07) is 22.9. The van der Waals surface area contributed by atoms with E-state index in [0.717, 1.165) is 5.56 Å². The van der Waals surface area contributed by atoms with Gasteiger partial charge in [-0.15, -0.1) is 0 Å². The van der Waals surface area contributed by atoms with Gasteiger partial charge >= 0.3 is 0 Å². The van der Waals surface area contributed by atoms with E-state index in [4.69, 9.17) is 23.2 Å². The van der Waals surface area contributed by atoms with Crippen LogP contribution in [0.3, 0.4) is 0 Å². The highest BCUT2D eigenvalue weighted by molar-refractivity contribution is 6.36. The van der Waals surface area contributed by atoms with Crippen molar-refractivity contribution in [2.45, 2.75) is 25.2 Å². The Morgan fingerprint density at radius 3 is 2.19 bits per heavy atom. The third-order valence-corrected chi connectivity index (χ3v) is 5.50. The maximum Gasteiger partial charge on any atom is 0.224 e. The number of nitrogens with zero attached hydrogens (tertiary/aromatic N) is 1. The van der Waals surface area contributed by atoms with E-state index in [2.05, 4.69) is 10.5 Å². The lowest BCUT2D eigenvalue weighted by Gasteiger charge is -2.18. The Morgan fingerprint density at radius 2 is 1.56 bits per heavy atom. The summed E-state index contributed by atoms with van der Waals surface area (Å²) in [6.07, 6.45) is 0.831. The summed E-state index contributed by atoms with van der Waals surface area (Å²) in [5.74, 6) is -1.14. The molecule has 0 spiro atoms. The van der Waals surface area contributed by atoms with Gasteiger partial charge in [0.15, 0.2) is 5.78 Å². The molecule has 3 rings (SSSR count). The number of oxime groups is 1. The monoisotopic (exact) mass is 468 g/mol. The Kier molecular flexibility index (Phi) is 8.42. The number of Topliss-reactive ketones (excluding diaryl/α,β-unsaturated/α-hetero) is 1. The van der Waals surface area contributed by atoms with Crippen LogP contribution in [0.25, 0.3) is 0 Å². The Hall–Kier alpha value is -3.15. The highest BCUT2D eigenvalue weighted by Crippen LogP contribution is 2.27. The minimum absolute atomic E-state index is 0.165. The molecule has 0 aliphatic heterocycles. The lowest BCUT2D eigenvalue weighted by Crippen LogP contribution is -2.23. The second kappa shape index (κ2) is 11.5. The predicted octanol–water partition coefficient (Wildman–Crippen LogP) is 6.60. The molecule has 0 aliphatic rings. The second-order valence-electron chi connectivity index (χ2n) is 7.19. The summed E-state index contributed by atoms with van der Waals surface area (Å²) < 4.78 is 0. The molecular formula is C25H22Cl2N2O3. The average molecular weight is 469 g/mol. The Morgan fingerprint density at radius 1 is 0.906 bits per heavy atom. The molecule has 7 heteroatoms. The van der Waals surface area contributed by atoms with Gasteiger partial charge in [0.1, 0.15) is 0 Å². The Labute approximate surface area is 196 Å². The lowest BCUT2D eigenvalue weighted by atomic mass is 9.85. The van der Waals surface area contributed by atoms with Gasteiger partial charge in [0.25, 0.3) is 0 Å². The molecule has 164 valence electrons. The molecule has 0 aromatic heterocycles. The normalized spacial score (nSPS) is 12.2. The van der Waals surface area contributed by atoms with Crippen LogP contribution in [0, 0.1) is 0 Å². The fourth-order valence-corrected chi connectivity index (χ4v) is 3.85. The zero-order chi connectivity index (χ0) is 22.9. The molecule has 0 aliphatic carbocycles. The molecule has 32 heavy (non-hydrogen) atoms. The van der Waals surface area contributed by atoms with Crippen molar-refractivity contribution in [2.75, 3.05) is 5.32 Å². The molecule has 2 N–H and O–H groups in total. The second-order valence-corrected chi connectivity index (χ2v) is 8.03. The van der Waals surface area contributed by atoms with E-state index in [1.54, 1.807) is 42.5 Å². The van der Waals surface area contributed by atoms with Crippen molar-refractivity contribution >= 4 is 46.3 Å². The van der Waals surface area contributed by atoms with Crippen LogP contribution in [0.5, 0.6) is 0 Å². The number of hydrogen-bond acceptors (Lipinski definition) is 4. The van der Waals surface area contributed by atoms with Crippen molar-refractivity contribution in [1.82, 2.24) is 0 Å². The molecule has 0 radical (unpaired) electrons. The van der Waals surface area contributed by atoms with Crippen LogP contribution >= 0.6 is 23.2 Å². The first-order valence-electron chi connectivity index (χ1n) is 10.1. The largest absolute Gasteiger partial charge is 0.411 e. The topological polar surface area (TPSA) is 78.8 Å². The average Bonchev–Trinajstić information content (AvgIpc) is 2.81. The molecular weight excluding hydrogens is 447 g/mol. The number of amides is 1. The standard InChI is InChI=1S/C25H22Cl2N2O3/c26-19-14-15-21(20(27)16-19)28-23(30)13-7-12-22(29-32)24(17-8-3-1-4-9-17)25(31)18-10-5-2-6-11-18/h1-6,8-11,14-16,24,32H,7,12-13H2,(H,28,30)/b29-22+/t24-/m0/s1. The number of rotatable bonds is 9. The van der Waals surface area contributed by atoms with Gasteiger partial charge < -0.3 is 10.5 Å². The third-order valence-electron chi connectivity index (χ3n) is 4.96. The van der Waals surface area contributed by atoms with Gasteiger partial charge in [-0.05, 0) is 36.6 Å². The number of nitrogens with one attached hydrogen (secondary N) is 1. The minimum atomic E-state index is -0.739. The van der Waals surface area contributed by atoms with E-state index in [0.29, 0.717) is 33.4 Å². The maximum atomic E-state index is 13.3. The van der Waals surface area contributed by atoms with E-state index in [1.807, 2.05) is 36.4 Å². The first-order chi connectivity index (χ1) is 15.5. The van der Waals surface area contributed by atoms with Crippen molar-refractivity contribution in [3.05, 3.63) is 100 Å². The molecule has 0 saturated carbocycles. The molecule has 5 nitrogen and oxygen atoms in total. The quantitative estimate of drug-likeness (QED) is 0.160. The lowest BCUT2D eigenvalue weighted by molar-refractivity contribution is -0.116. The zero-order valence-corrected chi connectivity index (χ0v) is 18.7. The fourth-order valence-electron chi connectivity index (χ4n) is 3.40. The van der Waals surface area contributed by atoms with Crippen LogP contribution in [0.4, 0.5) is 5.69 Å². The molecule has 0 unspecified atom stereocenters. The first kappa shape index (κ1) is 23.5. The number of carbonyl (C=O) groups is 2. The van der Waals surface area contributed by atoms with Gasteiger partial charge in [-0.25, -0.2) is 0 Å². The van der Waals surface area contributed by atoms with Crippen molar-refractivity contribution in [1.29, 1.82) is 0 Å². The summed E-state index contributed by atoms with van der Waals surface area (Å²) in [6.45, 7) is 0. The van der Waals surface area contributed by atoms with E-state index < -0.39 is 5.92 Å². The van der Waals surface area contributed by atoms with Crippen LogP contribution in [-0.4, -0.2) is 22.6 Å². The van der Waals surface area contributed by atoms with E-state index >= 15 is 0 Å². The van der Waals surface area contributed by atoms with Crippen LogP contribution in [0.15, 0.2) is 84.0 Å². The molecule has 0 saturated heterocycles. The predicted molar refractivity (Wildman–Crippen MR) is 128 cm³/mol. The summed E-state index contributed by atoms with van der Waals surface area (Å²) in [4.78, 5) is 25.6. The Bertz CT molecular complexity index is 1100. The van der Waals surface area contributed by atoms with Crippen molar-refractivity contribution < 1.29 is 14.8 Å². The number of hydrogen-bond donors (Lipinski definition) is 2. The molecule has 3 aromatic carbocycles. The van der Waals surface area contributed by atoms with E-state index in [-0.39, 0.29) is 24.5 Å². The number of benzene rings is 3. The van der Waals surface area contributed by atoms with Gasteiger partial charge in [-0.2, -0.15) is 0 Å². The van der Waals surface area contributed by atoms with Gasteiger partial charge in [-0.3, -0.25) is 9.59 Å². The van der Waals surface area contributed by atoms with Crippen LogP contribution in [0.2, 0.25) is 10.0 Å². The SMILES string of the molecule is O=C(CCC/C(=N\O)[C@@H](C(=O)c1ccccc1)c1ccccc1)Nc1ccc(Cl)cc1Cl. The summed E-state index contributed by atoms with van der Waals surface area (Å²) in [7, 11) is 0. The van der Waals surface area contributed by atoms with E-state index in [1.165, 1.54) is 0 Å². The zero-order valence-electron chi connectivity index (χ0n) is 17.2. The molecule has 0 bridgehead atoms. The highest BCUT2D eigenvalue weighted by Gasteiger charge is 2.27. The smallest absolute Gasteiger partial charge is 0.224 e. The molecule has 1 atom stereocenters. The summed E-state index contributed by atoms with van der Waals surface area (Å²) in [5, 5.41) is 16.7. The fraction of sp³-hybridized carbons (Fsp3) is 0.160. The highest BCUT2D eigenvalue weighted by atomic mass is 35.5.